The number of pyridine rings is 1. The van der Waals surface area contributed by atoms with Crippen molar-refractivity contribution in [1.29, 1.82) is 0 Å². The van der Waals surface area contributed by atoms with Crippen molar-refractivity contribution in [2.75, 3.05) is 0 Å². The topological polar surface area (TPSA) is 60.7 Å². The first kappa shape index (κ1) is 10.8. The molecular formula is C10H9ClN4O. The first-order chi connectivity index (χ1) is 7.68. The minimum absolute atomic E-state index is 0.146. The van der Waals surface area contributed by atoms with Crippen LogP contribution in [0.2, 0.25) is 5.02 Å². The van der Waals surface area contributed by atoms with Crippen molar-refractivity contribution in [2.45, 2.75) is 6.42 Å². The molecule has 2 rings (SSSR count). The van der Waals surface area contributed by atoms with Gasteiger partial charge in [-0.2, -0.15) is 5.10 Å². The minimum Gasteiger partial charge on any atom is -0.292 e. The molecule has 2 heterocycles. The molecule has 0 spiro atoms. The summed E-state index contributed by atoms with van der Waals surface area (Å²) in [7, 11) is 1.73. The van der Waals surface area contributed by atoms with E-state index in [2.05, 4.69) is 15.1 Å². The second-order valence-electron chi connectivity index (χ2n) is 3.23. The molecule has 0 bridgehead atoms. The van der Waals surface area contributed by atoms with Crippen molar-refractivity contribution in [2.24, 2.45) is 7.05 Å². The van der Waals surface area contributed by atoms with Crippen LogP contribution in [0.3, 0.4) is 0 Å². The van der Waals surface area contributed by atoms with Gasteiger partial charge in [-0.15, -0.1) is 0 Å². The van der Waals surface area contributed by atoms with Gasteiger partial charge in [-0.3, -0.25) is 14.5 Å². The molecule has 0 radical (unpaired) electrons. The normalized spacial score (nSPS) is 10.4. The van der Waals surface area contributed by atoms with Crippen molar-refractivity contribution in [3.8, 4) is 0 Å². The molecule has 0 amide bonds. The number of aromatic nitrogens is 4. The zero-order chi connectivity index (χ0) is 11.5. The summed E-state index contributed by atoms with van der Waals surface area (Å²) in [5.74, 6) is 0.424. The fourth-order valence-corrected chi connectivity index (χ4v) is 1.53. The molecule has 2 aromatic rings. The highest BCUT2D eigenvalue weighted by Crippen LogP contribution is 2.14. The summed E-state index contributed by atoms with van der Waals surface area (Å²) in [5.41, 5.74) is 0.271. The number of halogens is 1. The molecule has 0 aliphatic rings. The molecule has 5 nitrogen and oxygen atoms in total. The SMILES string of the molecule is Cn1ncnc1CC(=O)c1ncccc1Cl. The van der Waals surface area contributed by atoms with Gasteiger partial charge < -0.3 is 0 Å². The number of carbonyl (C=O) groups excluding carboxylic acids is 1. The quantitative estimate of drug-likeness (QED) is 0.754. The van der Waals surface area contributed by atoms with Gasteiger partial charge in [0.2, 0.25) is 0 Å². The summed E-state index contributed by atoms with van der Waals surface area (Å²) in [6, 6.07) is 3.32. The van der Waals surface area contributed by atoms with Crippen LogP contribution in [0.25, 0.3) is 0 Å². The van der Waals surface area contributed by atoms with Gasteiger partial charge >= 0.3 is 0 Å². The first-order valence-corrected chi connectivity index (χ1v) is 5.03. The van der Waals surface area contributed by atoms with E-state index in [0.717, 1.165) is 0 Å². The Kier molecular flexibility index (Phi) is 2.96. The van der Waals surface area contributed by atoms with Crippen LogP contribution in [-0.2, 0) is 13.5 Å². The molecule has 0 saturated heterocycles. The Labute approximate surface area is 97.1 Å². The van der Waals surface area contributed by atoms with Gasteiger partial charge in [0, 0.05) is 13.2 Å². The number of ketones is 1. The van der Waals surface area contributed by atoms with E-state index in [4.69, 9.17) is 11.6 Å². The summed E-state index contributed by atoms with van der Waals surface area (Å²) in [6.45, 7) is 0. The van der Waals surface area contributed by atoms with Crippen LogP contribution in [0.4, 0.5) is 0 Å². The third-order valence-corrected chi connectivity index (χ3v) is 2.45. The van der Waals surface area contributed by atoms with Crippen LogP contribution < -0.4 is 0 Å². The molecule has 16 heavy (non-hydrogen) atoms. The number of hydrogen-bond donors (Lipinski definition) is 0. The number of carbonyl (C=O) groups is 1. The lowest BCUT2D eigenvalue weighted by atomic mass is 10.2. The smallest absolute Gasteiger partial charge is 0.190 e. The Bertz CT molecular complexity index is 523. The predicted molar refractivity (Wildman–Crippen MR) is 58.3 cm³/mol. The Balaban J connectivity index is 2.22. The largest absolute Gasteiger partial charge is 0.292 e. The fraction of sp³-hybridized carbons (Fsp3) is 0.200. The van der Waals surface area contributed by atoms with E-state index in [9.17, 15) is 4.79 Å². The van der Waals surface area contributed by atoms with Crippen LogP contribution in [0.15, 0.2) is 24.7 Å². The summed E-state index contributed by atoms with van der Waals surface area (Å²) >= 11 is 5.87. The van der Waals surface area contributed by atoms with Crippen LogP contribution in [-0.4, -0.2) is 25.5 Å². The second kappa shape index (κ2) is 4.40. The third kappa shape index (κ3) is 2.09. The molecule has 82 valence electrons. The molecule has 0 aromatic carbocycles. The Morgan fingerprint density at radius 2 is 2.31 bits per heavy atom. The molecule has 0 saturated carbocycles. The van der Waals surface area contributed by atoms with Gasteiger partial charge in [0.1, 0.15) is 17.8 Å². The summed E-state index contributed by atoms with van der Waals surface area (Å²) in [6.07, 6.45) is 3.09. The van der Waals surface area contributed by atoms with Gasteiger partial charge in [-0.25, -0.2) is 4.98 Å². The van der Waals surface area contributed by atoms with E-state index in [1.807, 2.05) is 0 Å². The highest BCUT2D eigenvalue weighted by atomic mass is 35.5. The molecule has 0 aliphatic carbocycles. The van der Waals surface area contributed by atoms with E-state index in [1.54, 1.807) is 23.9 Å². The lowest BCUT2D eigenvalue weighted by Gasteiger charge is -2.01. The lowest BCUT2D eigenvalue weighted by Crippen LogP contribution is -2.10. The monoisotopic (exact) mass is 236 g/mol. The van der Waals surface area contributed by atoms with Crippen LogP contribution >= 0.6 is 11.6 Å². The Morgan fingerprint density at radius 3 is 2.94 bits per heavy atom. The van der Waals surface area contributed by atoms with Crippen LogP contribution in [0, 0.1) is 0 Å². The number of nitrogens with zero attached hydrogens (tertiary/aromatic N) is 4. The minimum atomic E-state index is -0.165. The summed E-state index contributed by atoms with van der Waals surface area (Å²) < 4.78 is 1.55. The molecule has 0 atom stereocenters. The van der Waals surface area contributed by atoms with E-state index in [0.29, 0.717) is 10.8 Å². The van der Waals surface area contributed by atoms with Gasteiger partial charge in [-0.05, 0) is 12.1 Å². The van der Waals surface area contributed by atoms with Crippen molar-refractivity contribution in [1.82, 2.24) is 19.7 Å². The van der Waals surface area contributed by atoms with Crippen LogP contribution in [0.1, 0.15) is 16.3 Å². The predicted octanol–water partition coefficient (Wildman–Crippen LogP) is 1.29. The first-order valence-electron chi connectivity index (χ1n) is 4.65. The van der Waals surface area contributed by atoms with Gasteiger partial charge in [0.25, 0.3) is 0 Å². The van der Waals surface area contributed by atoms with Crippen molar-refractivity contribution < 1.29 is 4.79 Å². The maximum absolute atomic E-state index is 11.9. The molecule has 0 unspecified atom stereocenters. The molecular weight excluding hydrogens is 228 g/mol. The highest BCUT2D eigenvalue weighted by molar-refractivity contribution is 6.33. The van der Waals surface area contributed by atoms with Gasteiger partial charge in [0.05, 0.1) is 11.4 Å². The zero-order valence-electron chi connectivity index (χ0n) is 8.59. The highest BCUT2D eigenvalue weighted by Gasteiger charge is 2.14. The maximum Gasteiger partial charge on any atom is 0.190 e. The van der Waals surface area contributed by atoms with Crippen molar-refractivity contribution in [3.63, 3.8) is 0 Å². The number of aryl methyl sites for hydroxylation is 1. The van der Waals surface area contributed by atoms with E-state index in [-0.39, 0.29) is 17.9 Å². The molecule has 0 N–H and O–H groups in total. The summed E-state index contributed by atoms with van der Waals surface area (Å²) in [5, 5.41) is 4.24. The standard InChI is InChI=1S/C10H9ClN4O/c1-15-9(13-6-14-15)5-8(16)10-7(11)3-2-4-12-10/h2-4,6H,5H2,1H3. The van der Waals surface area contributed by atoms with Crippen molar-refractivity contribution >= 4 is 17.4 Å². The zero-order valence-corrected chi connectivity index (χ0v) is 9.35. The van der Waals surface area contributed by atoms with E-state index >= 15 is 0 Å². The molecule has 0 fully saturated rings. The average Bonchev–Trinajstić information content (AvgIpc) is 2.65. The fourth-order valence-electron chi connectivity index (χ4n) is 1.30. The summed E-state index contributed by atoms with van der Waals surface area (Å²) in [4.78, 5) is 19.8. The molecule has 2 aromatic heterocycles. The number of rotatable bonds is 3. The van der Waals surface area contributed by atoms with E-state index in [1.165, 1.54) is 12.5 Å². The van der Waals surface area contributed by atoms with Crippen LogP contribution in [0.5, 0.6) is 0 Å². The number of Topliss-reactive ketones (excluding diaryl/α,β-unsaturated/α-hetero) is 1. The Morgan fingerprint density at radius 1 is 1.50 bits per heavy atom. The van der Waals surface area contributed by atoms with Gasteiger partial charge in [-0.1, -0.05) is 11.6 Å². The molecule has 0 aliphatic heterocycles. The number of hydrogen-bond acceptors (Lipinski definition) is 4. The second-order valence-corrected chi connectivity index (χ2v) is 3.64. The van der Waals surface area contributed by atoms with Crippen molar-refractivity contribution in [3.05, 3.63) is 41.2 Å². The molecule has 6 heteroatoms. The van der Waals surface area contributed by atoms with Gasteiger partial charge in [0.15, 0.2) is 5.78 Å². The lowest BCUT2D eigenvalue weighted by molar-refractivity contribution is 0.0985. The van der Waals surface area contributed by atoms with E-state index < -0.39 is 0 Å². The maximum atomic E-state index is 11.9. The third-order valence-electron chi connectivity index (χ3n) is 2.15. The Hall–Kier alpha value is -1.75. The average molecular weight is 237 g/mol.